The maximum absolute atomic E-state index is 5.48. The number of benzene rings is 1. The molecule has 0 aliphatic heterocycles. The third-order valence-electron chi connectivity index (χ3n) is 3.25. The van der Waals surface area contributed by atoms with Crippen LogP contribution in [0.4, 0.5) is 0 Å². The lowest BCUT2D eigenvalue weighted by Gasteiger charge is -2.19. The highest BCUT2D eigenvalue weighted by molar-refractivity contribution is 8.00. The lowest BCUT2D eigenvalue weighted by Crippen LogP contribution is -2.19. The van der Waals surface area contributed by atoms with Gasteiger partial charge in [-0.15, -0.1) is 0 Å². The lowest BCUT2D eigenvalue weighted by atomic mass is 10.0. The monoisotopic (exact) mass is 323 g/mol. The Morgan fingerprint density at radius 2 is 2.24 bits per heavy atom. The molecule has 1 N–H and O–H groups in total. The van der Waals surface area contributed by atoms with Gasteiger partial charge in [0.15, 0.2) is 4.34 Å². The Hall–Kier alpha value is -1.11. The van der Waals surface area contributed by atoms with Crippen LogP contribution in [0.15, 0.2) is 22.5 Å². The molecule has 0 radical (unpaired) electrons. The van der Waals surface area contributed by atoms with Crippen LogP contribution in [0.25, 0.3) is 0 Å². The quantitative estimate of drug-likeness (QED) is 0.791. The summed E-state index contributed by atoms with van der Waals surface area (Å²) < 4.78 is 10.8. The van der Waals surface area contributed by atoms with Gasteiger partial charge >= 0.3 is 0 Å². The van der Waals surface area contributed by atoms with Gasteiger partial charge in [-0.25, -0.2) is 4.98 Å². The van der Waals surface area contributed by atoms with E-state index in [9.17, 15) is 0 Å². The summed E-state index contributed by atoms with van der Waals surface area (Å²) in [4.78, 5) is 4.50. The van der Waals surface area contributed by atoms with Crippen LogP contribution in [0.3, 0.4) is 0 Å². The van der Waals surface area contributed by atoms with E-state index in [4.69, 9.17) is 4.74 Å². The molecule has 1 heterocycles. The van der Waals surface area contributed by atoms with E-state index in [-0.39, 0.29) is 6.04 Å². The van der Waals surface area contributed by atoms with Gasteiger partial charge in [-0.1, -0.05) is 36.4 Å². The first-order valence-electron chi connectivity index (χ1n) is 6.95. The van der Waals surface area contributed by atoms with Crippen LogP contribution in [0.5, 0.6) is 5.75 Å². The molecular weight excluding hydrogens is 302 g/mol. The van der Waals surface area contributed by atoms with Crippen molar-refractivity contribution in [3.63, 3.8) is 0 Å². The Labute approximate surface area is 134 Å². The molecule has 2 rings (SSSR count). The van der Waals surface area contributed by atoms with E-state index < -0.39 is 0 Å². The number of hydrogen-bond acceptors (Lipinski definition) is 6. The average molecular weight is 323 g/mol. The SMILES string of the molecule is CCc1nsc(SCC(NC)c2cc(C)ccc2OC)n1. The summed E-state index contributed by atoms with van der Waals surface area (Å²) in [6.45, 7) is 4.17. The van der Waals surface area contributed by atoms with Crippen LogP contribution in [0, 0.1) is 6.92 Å². The Morgan fingerprint density at radius 1 is 1.43 bits per heavy atom. The minimum atomic E-state index is 0.221. The van der Waals surface area contributed by atoms with Crippen molar-refractivity contribution < 1.29 is 4.74 Å². The fourth-order valence-electron chi connectivity index (χ4n) is 2.05. The van der Waals surface area contributed by atoms with Crippen LogP contribution in [0.2, 0.25) is 0 Å². The molecule has 1 aromatic carbocycles. The fraction of sp³-hybridized carbons (Fsp3) is 0.467. The number of methoxy groups -OCH3 is 1. The number of nitrogens with zero attached hydrogens (tertiary/aromatic N) is 2. The summed E-state index contributed by atoms with van der Waals surface area (Å²) >= 11 is 3.21. The molecular formula is C15H21N3OS2. The van der Waals surface area contributed by atoms with Crippen LogP contribution in [0.1, 0.15) is 29.9 Å². The molecule has 2 aromatic rings. The molecule has 114 valence electrons. The minimum Gasteiger partial charge on any atom is -0.496 e. The van der Waals surface area contributed by atoms with E-state index in [0.717, 1.165) is 28.1 Å². The van der Waals surface area contributed by atoms with E-state index in [1.807, 2.05) is 13.1 Å². The minimum absolute atomic E-state index is 0.221. The number of thioether (sulfide) groups is 1. The predicted molar refractivity (Wildman–Crippen MR) is 89.5 cm³/mol. The van der Waals surface area contributed by atoms with Crippen molar-refractivity contribution in [1.29, 1.82) is 0 Å². The van der Waals surface area contributed by atoms with Crippen molar-refractivity contribution in [2.24, 2.45) is 0 Å². The summed E-state index contributed by atoms with van der Waals surface area (Å²) in [6, 6.07) is 6.50. The van der Waals surface area contributed by atoms with Crippen LogP contribution >= 0.6 is 23.3 Å². The molecule has 0 saturated heterocycles. The molecule has 21 heavy (non-hydrogen) atoms. The second-order valence-corrected chi connectivity index (χ2v) is 6.75. The standard InChI is InChI=1S/C15H21N3OS2/c1-5-14-17-15(21-18-14)20-9-12(16-3)11-8-10(2)6-7-13(11)19-4/h6-8,12,16H,5,9H2,1-4H3. The first-order chi connectivity index (χ1) is 10.2. The zero-order valence-electron chi connectivity index (χ0n) is 12.8. The van der Waals surface area contributed by atoms with Gasteiger partial charge in [0, 0.05) is 23.8 Å². The number of rotatable bonds is 7. The molecule has 0 fully saturated rings. The number of hydrogen-bond donors (Lipinski definition) is 1. The molecule has 0 bridgehead atoms. The molecule has 0 aliphatic rings. The van der Waals surface area contributed by atoms with Gasteiger partial charge in [-0.05, 0) is 31.6 Å². The normalized spacial score (nSPS) is 12.4. The Kier molecular flexibility index (Phi) is 6.02. The molecule has 1 aromatic heterocycles. The smallest absolute Gasteiger partial charge is 0.170 e. The van der Waals surface area contributed by atoms with Gasteiger partial charge in [0.25, 0.3) is 0 Å². The second-order valence-electron chi connectivity index (χ2n) is 4.73. The van der Waals surface area contributed by atoms with Crippen molar-refractivity contribution in [3.05, 3.63) is 35.2 Å². The van der Waals surface area contributed by atoms with Crippen molar-refractivity contribution in [1.82, 2.24) is 14.7 Å². The zero-order valence-corrected chi connectivity index (χ0v) is 14.5. The summed E-state index contributed by atoms with van der Waals surface area (Å²) in [5.41, 5.74) is 2.42. The summed E-state index contributed by atoms with van der Waals surface area (Å²) in [7, 11) is 3.69. The van der Waals surface area contributed by atoms with Gasteiger partial charge in [0.1, 0.15) is 11.6 Å². The number of nitrogens with one attached hydrogen (secondary N) is 1. The average Bonchev–Trinajstić information content (AvgIpc) is 2.96. The Morgan fingerprint density at radius 3 is 2.86 bits per heavy atom. The third-order valence-corrected chi connectivity index (χ3v) is 5.21. The number of aryl methyl sites for hydroxylation is 2. The molecule has 4 nitrogen and oxygen atoms in total. The highest BCUT2D eigenvalue weighted by Crippen LogP contribution is 2.31. The van der Waals surface area contributed by atoms with Gasteiger partial charge < -0.3 is 10.1 Å². The Bertz CT molecular complexity index is 586. The van der Waals surface area contributed by atoms with Crippen LogP contribution in [-0.4, -0.2) is 29.3 Å². The van der Waals surface area contributed by atoms with Gasteiger partial charge in [0.2, 0.25) is 0 Å². The van der Waals surface area contributed by atoms with Crippen molar-refractivity contribution in [3.8, 4) is 5.75 Å². The summed E-state index contributed by atoms with van der Waals surface area (Å²) in [6.07, 6.45) is 0.887. The van der Waals surface area contributed by atoms with Crippen LogP contribution < -0.4 is 10.1 Å². The number of aromatic nitrogens is 2. The maximum Gasteiger partial charge on any atom is 0.170 e. The molecule has 0 amide bonds. The van der Waals surface area contributed by atoms with Gasteiger partial charge in [-0.3, -0.25) is 0 Å². The van der Waals surface area contributed by atoms with Crippen LogP contribution in [-0.2, 0) is 6.42 Å². The molecule has 0 spiro atoms. The van der Waals surface area contributed by atoms with Gasteiger partial charge in [0.05, 0.1) is 7.11 Å². The van der Waals surface area contributed by atoms with E-state index >= 15 is 0 Å². The molecule has 0 aliphatic carbocycles. The number of ether oxygens (including phenoxy) is 1. The Balaban J connectivity index is 2.10. The summed E-state index contributed by atoms with van der Waals surface area (Å²) in [5, 5.41) is 3.37. The molecule has 0 saturated carbocycles. The van der Waals surface area contributed by atoms with E-state index in [0.29, 0.717) is 0 Å². The van der Waals surface area contributed by atoms with Crippen molar-refractivity contribution >= 4 is 23.3 Å². The summed E-state index contributed by atoms with van der Waals surface area (Å²) in [5.74, 6) is 2.75. The van der Waals surface area contributed by atoms with Gasteiger partial charge in [-0.2, -0.15) is 4.37 Å². The largest absolute Gasteiger partial charge is 0.496 e. The van der Waals surface area contributed by atoms with E-state index in [1.165, 1.54) is 22.7 Å². The predicted octanol–water partition coefficient (Wildman–Crippen LogP) is 3.47. The lowest BCUT2D eigenvalue weighted by molar-refractivity contribution is 0.404. The van der Waals surface area contributed by atoms with Crippen molar-refractivity contribution in [2.75, 3.05) is 19.9 Å². The third kappa shape index (κ3) is 4.18. The van der Waals surface area contributed by atoms with E-state index in [2.05, 4.69) is 40.7 Å². The maximum atomic E-state index is 5.48. The highest BCUT2D eigenvalue weighted by atomic mass is 32.2. The second kappa shape index (κ2) is 7.77. The highest BCUT2D eigenvalue weighted by Gasteiger charge is 2.16. The fourth-order valence-corrected chi connectivity index (χ4v) is 3.90. The molecule has 1 unspecified atom stereocenters. The first-order valence-corrected chi connectivity index (χ1v) is 8.71. The zero-order chi connectivity index (χ0) is 15.2. The van der Waals surface area contributed by atoms with Crippen molar-refractivity contribution in [2.45, 2.75) is 30.6 Å². The molecule has 1 atom stereocenters. The topological polar surface area (TPSA) is 47.0 Å². The first kappa shape index (κ1) is 16.3. The molecule has 6 heteroatoms. The van der Waals surface area contributed by atoms with E-state index in [1.54, 1.807) is 18.9 Å².